The molecular weight excluding hydrogens is 331 g/mol. The third-order valence-corrected chi connectivity index (χ3v) is 4.69. The maximum absolute atomic E-state index is 13.6. The minimum Gasteiger partial charge on any atom is -0.457 e. The van der Waals surface area contributed by atoms with E-state index in [2.05, 4.69) is 5.10 Å². The molecule has 0 bridgehead atoms. The predicted molar refractivity (Wildman–Crippen MR) is 96.2 cm³/mol. The molecule has 5 heteroatoms. The van der Waals surface area contributed by atoms with Gasteiger partial charge < -0.3 is 4.74 Å². The van der Waals surface area contributed by atoms with Crippen molar-refractivity contribution < 1.29 is 13.9 Å². The molecule has 4 rings (SSSR count). The van der Waals surface area contributed by atoms with E-state index in [4.69, 9.17) is 4.74 Å². The molecule has 0 amide bonds. The van der Waals surface area contributed by atoms with E-state index in [-0.39, 0.29) is 18.4 Å². The van der Waals surface area contributed by atoms with Crippen LogP contribution in [0.1, 0.15) is 33.6 Å². The largest absolute Gasteiger partial charge is 0.457 e. The van der Waals surface area contributed by atoms with Crippen LogP contribution >= 0.6 is 0 Å². The molecule has 2 heterocycles. The number of halogens is 1. The Balaban J connectivity index is 1.68. The van der Waals surface area contributed by atoms with Crippen LogP contribution in [-0.2, 0) is 24.3 Å². The molecule has 26 heavy (non-hydrogen) atoms. The van der Waals surface area contributed by atoms with Crippen molar-refractivity contribution in [3.63, 3.8) is 0 Å². The summed E-state index contributed by atoms with van der Waals surface area (Å²) in [6, 6.07) is 14.4. The Morgan fingerprint density at radius 1 is 1.23 bits per heavy atom. The molecule has 0 unspecified atom stereocenters. The quantitative estimate of drug-likeness (QED) is 0.659. The summed E-state index contributed by atoms with van der Waals surface area (Å²) in [6.07, 6.45) is 1.76. The van der Waals surface area contributed by atoms with Gasteiger partial charge in [-0.3, -0.25) is 4.68 Å². The van der Waals surface area contributed by atoms with Gasteiger partial charge in [-0.1, -0.05) is 30.3 Å². The Bertz CT molecular complexity index is 964. The van der Waals surface area contributed by atoms with Gasteiger partial charge in [0.05, 0.1) is 5.69 Å². The number of hydrogen-bond acceptors (Lipinski definition) is 3. The van der Waals surface area contributed by atoms with Crippen molar-refractivity contribution in [1.82, 2.24) is 9.78 Å². The van der Waals surface area contributed by atoms with Crippen LogP contribution in [0.25, 0.3) is 11.3 Å². The molecular formula is C21H19FN2O2. The summed E-state index contributed by atoms with van der Waals surface area (Å²) in [5.74, 6) is -0.650. The third kappa shape index (κ3) is 3.01. The van der Waals surface area contributed by atoms with Crippen LogP contribution in [0, 0.1) is 12.7 Å². The zero-order chi connectivity index (χ0) is 18.1. The van der Waals surface area contributed by atoms with Gasteiger partial charge in [0.1, 0.15) is 23.7 Å². The summed E-state index contributed by atoms with van der Waals surface area (Å²) in [6.45, 7) is 2.71. The SMILES string of the molecule is Cc1cc(-c2nn3c(c2C(=O)OCc2ccccc2)CCC3)ccc1F. The molecule has 1 aromatic heterocycles. The van der Waals surface area contributed by atoms with Crippen LogP contribution in [0.15, 0.2) is 48.5 Å². The first-order valence-electron chi connectivity index (χ1n) is 8.71. The Kier molecular flexibility index (Phi) is 4.29. The number of carbonyl (C=O) groups is 1. The van der Waals surface area contributed by atoms with Crippen LogP contribution in [0.2, 0.25) is 0 Å². The molecule has 0 saturated heterocycles. The second-order valence-electron chi connectivity index (χ2n) is 6.52. The lowest BCUT2D eigenvalue weighted by atomic mass is 10.0. The lowest BCUT2D eigenvalue weighted by Gasteiger charge is -2.08. The summed E-state index contributed by atoms with van der Waals surface area (Å²) < 4.78 is 21.0. The molecule has 0 saturated carbocycles. The molecule has 2 aromatic carbocycles. The van der Waals surface area contributed by atoms with Gasteiger partial charge in [-0.25, -0.2) is 9.18 Å². The zero-order valence-electron chi connectivity index (χ0n) is 14.5. The highest BCUT2D eigenvalue weighted by molar-refractivity contribution is 5.97. The third-order valence-electron chi connectivity index (χ3n) is 4.69. The minimum atomic E-state index is -0.381. The van der Waals surface area contributed by atoms with Crippen molar-refractivity contribution in [3.8, 4) is 11.3 Å². The van der Waals surface area contributed by atoms with Crippen LogP contribution in [0.5, 0.6) is 0 Å². The predicted octanol–water partition coefficient (Wildman–Crippen LogP) is 4.30. The Labute approximate surface area is 151 Å². The van der Waals surface area contributed by atoms with Gasteiger partial charge in [0.15, 0.2) is 0 Å². The summed E-state index contributed by atoms with van der Waals surface area (Å²) >= 11 is 0. The van der Waals surface area contributed by atoms with Gasteiger partial charge >= 0.3 is 5.97 Å². The van der Waals surface area contributed by atoms with Gasteiger partial charge in [0.25, 0.3) is 0 Å². The van der Waals surface area contributed by atoms with Crippen molar-refractivity contribution in [1.29, 1.82) is 0 Å². The molecule has 0 aliphatic carbocycles. The number of fused-ring (bicyclic) bond motifs is 1. The van der Waals surface area contributed by atoms with E-state index in [9.17, 15) is 9.18 Å². The molecule has 0 fully saturated rings. The first kappa shape index (κ1) is 16.5. The average Bonchev–Trinajstić information content (AvgIpc) is 3.24. The Morgan fingerprint density at radius 3 is 2.81 bits per heavy atom. The molecule has 4 nitrogen and oxygen atoms in total. The van der Waals surface area contributed by atoms with E-state index in [0.717, 1.165) is 36.2 Å². The highest BCUT2D eigenvalue weighted by Gasteiger charge is 2.28. The molecule has 0 spiro atoms. The second-order valence-corrected chi connectivity index (χ2v) is 6.52. The van der Waals surface area contributed by atoms with Crippen LogP contribution < -0.4 is 0 Å². The standard InChI is InChI=1S/C21H19FN2O2/c1-14-12-16(9-10-17(14)22)20-19(18-8-5-11-24(18)23-20)21(25)26-13-15-6-3-2-4-7-15/h2-4,6-7,9-10,12H,5,8,11,13H2,1H3. The maximum Gasteiger partial charge on any atom is 0.342 e. The first-order valence-corrected chi connectivity index (χ1v) is 8.71. The minimum absolute atomic E-state index is 0.214. The highest BCUT2D eigenvalue weighted by atomic mass is 19.1. The topological polar surface area (TPSA) is 44.1 Å². The van der Waals surface area contributed by atoms with E-state index in [1.54, 1.807) is 19.1 Å². The number of esters is 1. The fourth-order valence-corrected chi connectivity index (χ4v) is 3.34. The smallest absolute Gasteiger partial charge is 0.342 e. The normalized spacial score (nSPS) is 12.8. The number of ether oxygens (including phenoxy) is 1. The fraction of sp³-hybridized carbons (Fsp3) is 0.238. The van der Waals surface area contributed by atoms with Crippen molar-refractivity contribution >= 4 is 5.97 Å². The van der Waals surface area contributed by atoms with E-state index in [1.165, 1.54) is 6.07 Å². The van der Waals surface area contributed by atoms with Gasteiger partial charge in [-0.2, -0.15) is 5.10 Å². The molecule has 0 atom stereocenters. The summed E-state index contributed by atoms with van der Waals surface area (Å²) in [5.41, 5.74) is 4.17. The van der Waals surface area contributed by atoms with E-state index < -0.39 is 0 Å². The van der Waals surface area contributed by atoms with Crippen molar-refractivity contribution in [2.45, 2.75) is 32.9 Å². The fourth-order valence-electron chi connectivity index (χ4n) is 3.34. The number of aromatic nitrogens is 2. The number of rotatable bonds is 4. The molecule has 1 aliphatic rings. The summed E-state index contributed by atoms with van der Waals surface area (Å²) in [4.78, 5) is 12.8. The van der Waals surface area contributed by atoms with Crippen molar-refractivity contribution in [2.75, 3.05) is 0 Å². The summed E-state index contributed by atoms with van der Waals surface area (Å²) in [5, 5.41) is 4.60. The first-order chi connectivity index (χ1) is 12.6. The molecule has 3 aromatic rings. The van der Waals surface area contributed by atoms with E-state index >= 15 is 0 Å². The number of nitrogens with zero attached hydrogens (tertiary/aromatic N) is 2. The Hall–Kier alpha value is -2.95. The van der Waals surface area contributed by atoms with Crippen LogP contribution in [-0.4, -0.2) is 15.7 Å². The Morgan fingerprint density at radius 2 is 2.04 bits per heavy atom. The van der Waals surface area contributed by atoms with E-state index in [1.807, 2.05) is 35.0 Å². The molecule has 132 valence electrons. The molecule has 0 N–H and O–H groups in total. The van der Waals surface area contributed by atoms with Crippen LogP contribution in [0.4, 0.5) is 4.39 Å². The number of hydrogen-bond donors (Lipinski definition) is 0. The van der Waals surface area contributed by atoms with E-state index in [0.29, 0.717) is 16.8 Å². The number of benzene rings is 2. The zero-order valence-corrected chi connectivity index (χ0v) is 14.5. The monoisotopic (exact) mass is 350 g/mol. The lowest BCUT2D eigenvalue weighted by molar-refractivity contribution is 0.0472. The van der Waals surface area contributed by atoms with Crippen molar-refractivity contribution in [3.05, 3.63) is 76.7 Å². The average molecular weight is 350 g/mol. The van der Waals surface area contributed by atoms with Crippen molar-refractivity contribution in [2.24, 2.45) is 0 Å². The van der Waals surface area contributed by atoms with Crippen LogP contribution in [0.3, 0.4) is 0 Å². The molecule has 0 radical (unpaired) electrons. The number of aryl methyl sites for hydroxylation is 2. The van der Waals surface area contributed by atoms with Gasteiger partial charge in [-0.05, 0) is 49.1 Å². The maximum atomic E-state index is 13.6. The highest BCUT2D eigenvalue weighted by Crippen LogP contribution is 2.31. The number of carbonyl (C=O) groups excluding carboxylic acids is 1. The lowest BCUT2D eigenvalue weighted by Crippen LogP contribution is -2.08. The van der Waals surface area contributed by atoms with Gasteiger partial charge in [0.2, 0.25) is 0 Å². The van der Waals surface area contributed by atoms with Gasteiger partial charge in [-0.15, -0.1) is 0 Å². The second kappa shape index (κ2) is 6.75. The molecule has 1 aliphatic heterocycles. The van der Waals surface area contributed by atoms with Gasteiger partial charge in [0, 0.05) is 12.1 Å². The summed E-state index contributed by atoms with van der Waals surface area (Å²) in [7, 11) is 0.